The van der Waals surface area contributed by atoms with Gasteiger partial charge in [0.25, 0.3) is 5.56 Å². The van der Waals surface area contributed by atoms with Crippen molar-refractivity contribution in [2.75, 3.05) is 24.5 Å². The monoisotopic (exact) mass is 220 g/mol. The van der Waals surface area contributed by atoms with Gasteiger partial charge in [-0.3, -0.25) is 4.79 Å². The van der Waals surface area contributed by atoms with Gasteiger partial charge in [-0.05, 0) is 12.3 Å². The van der Waals surface area contributed by atoms with E-state index in [2.05, 4.69) is 15.2 Å². The van der Waals surface area contributed by atoms with Gasteiger partial charge in [-0.25, -0.2) is 4.98 Å². The zero-order valence-corrected chi connectivity index (χ0v) is 9.39. The first-order chi connectivity index (χ1) is 7.77. The number of hydrogen-bond acceptors (Lipinski definition) is 4. The molecule has 0 spiro atoms. The van der Waals surface area contributed by atoms with Crippen molar-refractivity contribution in [2.24, 2.45) is 13.0 Å². The highest BCUT2D eigenvalue weighted by atomic mass is 16.1. The van der Waals surface area contributed by atoms with E-state index in [0.29, 0.717) is 17.8 Å². The van der Waals surface area contributed by atoms with Crippen LogP contribution >= 0.6 is 0 Å². The summed E-state index contributed by atoms with van der Waals surface area (Å²) in [4.78, 5) is 18.4. The van der Waals surface area contributed by atoms with Crippen LogP contribution in [0.15, 0.2) is 17.2 Å². The Morgan fingerprint density at radius 2 is 2.38 bits per heavy atom. The van der Waals surface area contributed by atoms with Crippen LogP contribution in [-0.4, -0.2) is 35.2 Å². The van der Waals surface area contributed by atoms with Gasteiger partial charge in [-0.15, -0.1) is 0 Å². The number of aromatic nitrogens is 2. The lowest BCUT2D eigenvalue weighted by Crippen LogP contribution is -2.39. The van der Waals surface area contributed by atoms with Gasteiger partial charge in [0.2, 0.25) is 0 Å². The van der Waals surface area contributed by atoms with Crippen LogP contribution in [0.3, 0.4) is 0 Å². The summed E-state index contributed by atoms with van der Waals surface area (Å²) >= 11 is 0. The summed E-state index contributed by atoms with van der Waals surface area (Å²) in [6.45, 7) is 3.02. The van der Waals surface area contributed by atoms with Crippen LogP contribution in [0.4, 0.5) is 5.82 Å². The fourth-order valence-electron chi connectivity index (χ4n) is 2.79. The lowest BCUT2D eigenvalue weighted by atomic mass is 10.1. The van der Waals surface area contributed by atoms with Gasteiger partial charge in [0.15, 0.2) is 5.82 Å². The van der Waals surface area contributed by atoms with E-state index in [4.69, 9.17) is 0 Å². The molecule has 5 heteroatoms. The minimum absolute atomic E-state index is 0.00931. The summed E-state index contributed by atoms with van der Waals surface area (Å²) in [5.74, 6) is 1.30. The predicted molar refractivity (Wildman–Crippen MR) is 61.6 cm³/mol. The summed E-state index contributed by atoms with van der Waals surface area (Å²) in [6, 6.07) is 0.461. The van der Waals surface area contributed by atoms with E-state index in [1.54, 1.807) is 24.0 Å². The van der Waals surface area contributed by atoms with Gasteiger partial charge >= 0.3 is 0 Å². The normalized spacial score (nSPS) is 28.4. The number of nitrogens with one attached hydrogen (secondary N) is 1. The molecule has 3 rings (SSSR count). The first-order valence-electron chi connectivity index (χ1n) is 5.76. The fraction of sp³-hybridized carbons (Fsp3) is 0.636. The summed E-state index contributed by atoms with van der Waals surface area (Å²) in [6.07, 6.45) is 4.57. The van der Waals surface area contributed by atoms with E-state index in [1.807, 2.05) is 0 Å². The molecule has 16 heavy (non-hydrogen) atoms. The van der Waals surface area contributed by atoms with E-state index in [-0.39, 0.29) is 5.56 Å². The Balaban J connectivity index is 1.98. The van der Waals surface area contributed by atoms with Crippen molar-refractivity contribution in [3.8, 4) is 0 Å². The minimum atomic E-state index is 0.00931. The number of aryl methyl sites for hydroxylation is 1. The van der Waals surface area contributed by atoms with E-state index < -0.39 is 0 Å². The third-order valence-corrected chi connectivity index (χ3v) is 3.72. The van der Waals surface area contributed by atoms with Gasteiger partial charge in [0.05, 0.1) is 0 Å². The quantitative estimate of drug-likeness (QED) is 0.698. The maximum atomic E-state index is 12.0. The SMILES string of the molecule is Cn1ccnc(N2CC[C@H]3CNC[C@H]32)c1=O. The first kappa shape index (κ1) is 9.84. The van der Waals surface area contributed by atoms with E-state index in [0.717, 1.165) is 26.1 Å². The summed E-state index contributed by atoms with van der Waals surface area (Å²) in [5, 5.41) is 3.38. The van der Waals surface area contributed by atoms with Gasteiger partial charge < -0.3 is 14.8 Å². The maximum Gasteiger partial charge on any atom is 0.293 e. The summed E-state index contributed by atoms with van der Waals surface area (Å²) < 4.78 is 1.60. The fourth-order valence-corrected chi connectivity index (χ4v) is 2.79. The molecule has 0 aromatic carbocycles. The van der Waals surface area contributed by atoms with Crippen molar-refractivity contribution in [2.45, 2.75) is 12.5 Å². The smallest absolute Gasteiger partial charge is 0.293 e. The van der Waals surface area contributed by atoms with Crippen molar-refractivity contribution in [1.82, 2.24) is 14.9 Å². The molecule has 0 unspecified atom stereocenters. The third-order valence-electron chi connectivity index (χ3n) is 3.72. The summed E-state index contributed by atoms with van der Waals surface area (Å²) in [7, 11) is 1.77. The molecular weight excluding hydrogens is 204 g/mol. The number of hydrogen-bond donors (Lipinski definition) is 1. The van der Waals surface area contributed by atoms with Crippen LogP contribution in [0.5, 0.6) is 0 Å². The van der Waals surface area contributed by atoms with Crippen molar-refractivity contribution < 1.29 is 0 Å². The average Bonchev–Trinajstić information content (AvgIpc) is 2.84. The maximum absolute atomic E-state index is 12.0. The topological polar surface area (TPSA) is 50.2 Å². The molecule has 3 heterocycles. The molecule has 0 aliphatic carbocycles. The molecule has 0 amide bonds. The minimum Gasteiger partial charge on any atom is -0.347 e. The standard InChI is InChI=1S/C11H16N4O/c1-14-5-3-13-10(11(14)16)15-4-2-8-6-12-7-9(8)15/h3,5,8-9,12H,2,4,6-7H2,1H3/t8-,9+/m0/s1. The Bertz CT molecular complexity index is 456. The highest BCUT2D eigenvalue weighted by Crippen LogP contribution is 2.28. The van der Waals surface area contributed by atoms with E-state index in [1.165, 1.54) is 0 Å². The third kappa shape index (κ3) is 1.35. The van der Waals surface area contributed by atoms with Crippen molar-refractivity contribution in [3.05, 3.63) is 22.7 Å². The molecule has 2 saturated heterocycles. The Kier molecular flexibility index (Phi) is 2.21. The second-order valence-corrected chi connectivity index (χ2v) is 4.63. The molecule has 0 saturated carbocycles. The molecule has 2 aliphatic rings. The van der Waals surface area contributed by atoms with Crippen LogP contribution in [0.2, 0.25) is 0 Å². The van der Waals surface area contributed by atoms with E-state index in [9.17, 15) is 4.79 Å². The molecule has 1 aromatic heterocycles. The molecule has 0 bridgehead atoms. The van der Waals surface area contributed by atoms with Gasteiger partial charge in [0.1, 0.15) is 0 Å². The Morgan fingerprint density at radius 3 is 3.25 bits per heavy atom. The summed E-state index contributed by atoms with van der Waals surface area (Å²) in [5.41, 5.74) is 0.00931. The Morgan fingerprint density at radius 1 is 1.50 bits per heavy atom. The molecule has 0 radical (unpaired) electrons. The number of fused-ring (bicyclic) bond motifs is 1. The number of nitrogens with zero attached hydrogens (tertiary/aromatic N) is 3. The molecule has 2 aliphatic heterocycles. The van der Waals surface area contributed by atoms with Crippen LogP contribution in [0, 0.1) is 5.92 Å². The molecule has 1 aromatic rings. The largest absolute Gasteiger partial charge is 0.347 e. The van der Waals surface area contributed by atoms with Crippen molar-refractivity contribution in [1.29, 1.82) is 0 Å². The highest BCUT2D eigenvalue weighted by molar-refractivity contribution is 5.40. The second-order valence-electron chi connectivity index (χ2n) is 4.63. The zero-order valence-electron chi connectivity index (χ0n) is 9.39. The highest BCUT2D eigenvalue weighted by Gasteiger charge is 2.38. The van der Waals surface area contributed by atoms with Crippen LogP contribution in [0.1, 0.15) is 6.42 Å². The lowest BCUT2D eigenvalue weighted by Gasteiger charge is -2.23. The Labute approximate surface area is 94.1 Å². The molecular formula is C11H16N4O. The molecule has 1 N–H and O–H groups in total. The van der Waals surface area contributed by atoms with Gasteiger partial charge in [0, 0.05) is 45.1 Å². The van der Waals surface area contributed by atoms with Crippen LogP contribution < -0.4 is 15.8 Å². The zero-order chi connectivity index (χ0) is 11.1. The lowest BCUT2D eigenvalue weighted by molar-refractivity contribution is 0.576. The predicted octanol–water partition coefficient (Wildman–Crippen LogP) is -0.422. The Hall–Kier alpha value is -1.36. The van der Waals surface area contributed by atoms with Crippen LogP contribution in [0.25, 0.3) is 0 Å². The molecule has 2 fully saturated rings. The second kappa shape index (κ2) is 3.59. The van der Waals surface area contributed by atoms with Gasteiger partial charge in [-0.2, -0.15) is 0 Å². The van der Waals surface area contributed by atoms with Gasteiger partial charge in [-0.1, -0.05) is 0 Å². The van der Waals surface area contributed by atoms with Crippen molar-refractivity contribution in [3.63, 3.8) is 0 Å². The van der Waals surface area contributed by atoms with E-state index >= 15 is 0 Å². The number of rotatable bonds is 1. The first-order valence-corrected chi connectivity index (χ1v) is 5.76. The average molecular weight is 220 g/mol. The molecule has 5 nitrogen and oxygen atoms in total. The molecule has 2 atom stereocenters. The van der Waals surface area contributed by atoms with Crippen LogP contribution in [-0.2, 0) is 7.05 Å². The molecule has 86 valence electrons. The number of anilines is 1. The van der Waals surface area contributed by atoms with Crippen molar-refractivity contribution >= 4 is 5.82 Å².